The van der Waals surface area contributed by atoms with Crippen LogP contribution in [0.3, 0.4) is 0 Å². The highest BCUT2D eigenvalue weighted by atomic mass is 16.3. The van der Waals surface area contributed by atoms with Crippen LogP contribution in [0.2, 0.25) is 0 Å². The van der Waals surface area contributed by atoms with Gasteiger partial charge in [0.05, 0.1) is 5.69 Å². The minimum absolute atomic E-state index is 0.166. The molecule has 0 bridgehead atoms. The van der Waals surface area contributed by atoms with Crippen LogP contribution < -0.4 is 4.90 Å². The Balaban J connectivity index is 1.23. The van der Waals surface area contributed by atoms with Crippen LogP contribution in [0.15, 0.2) is 205 Å². The molecule has 57 heavy (non-hydrogen) atoms. The molecule has 0 aliphatic heterocycles. The topological polar surface area (TPSA) is 16.4 Å². The molecule has 0 N–H and O–H groups in total. The summed E-state index contributed by atoms with van der Waals surface area (Å²) in [6, 6.07) is 72.9. The normalized spacial score (nSPS) is 12.9. The fraction of sp³-hybridized carbons (Fsp3) is 0.0545. The quantitative estimate of drug-likeness (QED) is 0.169. The number of hydrogen-bond donors (Lipinski definition) is 0. The summed E-state index contributed by atoms with van der Waals surface area (Å²) in [5.74, 6) is 0. The summed E-state index contributed by atoms with van der Waals surface area (Å²) in [5, 5.41) is 4.69. The van der Waals surface area contributed by atoms with Crippen LogP contribution in [0.25, 0.3) is 77.2 Å². The van der Waals surface area contributed by atoms with Gasteiger partial charge in [-0.05, 0) is 104 Å². The number of anilines is 3. The summed E-state index contributed by atoms with van der Waals surface area (Å²) in [6.07, 6.45) is 0. The van der Waals surface area contributed by atoms with E-state index in [1.54, 1.807) is 0 Å². The maximum Gasteiger partial charge on any atom is 0.137 e. The van der Waals surface area contributed by atoms with E-state index < -0.39 is 0 Å². The van der Waals surface area contributed by atoms with Crippen LogP contribution in [-0.4, -0.2) is 0 Å². The Morgan fingerprint density at radius 1 is 0.368 bits per heavy atom. The first-order chi connectivity index (χ1) is 28.0. The van der Waals surface area contributed by atoms with Gasteiger partial charge >= 0.3 is 0 Å². The highest BCUT2D eigenvalue weighted by Crippen LogP contribution is 2.53. The Kier molecular flexibility index (Phi) is 7.55. The smallest absolute Gasteiger partial charge is 0.137 e. The Labute approximate surface area is 332 Å². The van der Waals surface area contributed by atoms with Gasteiger partial charge in [0.1, 0.15) is 11.2 Å². The Morgan fingerprint density at radius 3 is 1.74 bits per heavy atom. The number of hydrogen-bond acceptors (Lipinski definition) is 2. The molecule has 11 rings (SSSR count). The fourth-order valence-electron chi connectivity index (χ4n) is 9.18. The zero-order valence-electron chi connectivity index (χ0n) is 31.9. The lowest BCUT2D eigenvalue weighted by Gasteiger charge is -2.32. The molecule has 0 atom stereocenters. The molecule has 0 fully saturated rings. The molecule has 1 heterocycles. The van der Waals surface area contributed by atoms with Crippen molar-refractivity contribution in [2.45, 2.75) is 19.3 Å². The number of para-hydroxylation sites is 1. The molecule has 2 heteroatoms. The van der Waals surface area contributed by atoms with Crippen LogP contribution in [0.4, 0.5) is 17.1 Å². The second-order valence-electron chi connectivity index (χ2n) is 15.7. The first-order valence-electron chi connectivity index (χ1n) is 19.8. The van der Waals surface area contributed by atoms with Gasteiger partial charge in [-0.15, -0.1) is 0 Å². The van der Waals surface area contributed by atoms with Gasteiger partial charge in [-0.1, -0.05) is 159 Å². The van der Waals surface area contributed by atoms with Crippen LogP contribution >= 0.6 is 0 Å². The number of nitrogens with zero attached hydrogens (tertiary/aromatic N) is 1. The second kappa shape index (κ2) is 13.0. The van der Waals surface area contributed by atoms with Crippen molar-refractivity contribution in [3.63, 3.8) is 0 Å². The summed E-state index contributed by atoms with van der Waals surface area (Å²) < 4.78 is 6.58. The Hall–Kier alpha value is -7.16. The molecule has 0 saturated carbocycles. The van der Waals surface area contributed by atoms with E-state index in [2.05, 4.69) is 213 Å². The lowest BCUT2D eigenvalue weighted by atomic mass is 9.82. The van der Waals surface area contributed by atoms with Crippen LogP contribution in [-0.2, 0) is 5.41 Å². The lowest BCUT2D eigenvalue weighted by molar-refractivity contribution is 0.660. The number of fused-ring (bicyclic) bond motifs is 7. The summed E-state index contributed by atoms with van der Waals surface area (Å²) >= 11 is 0. The van der Waals surface area contributed by atoms with E-state index in [-0.39, 0.29) is 5.41 Å². The molecular formula is C55H39NO. The monoisotopic (exact) mass is 729 g/mol. The Morgan fingerprint density at radius 2 is 0.965 bits per heavy atom. The molecular weight excluding hydrogens is 691 g/mol. The zero-order chi connectivity index (χ0) is 38.1. The summed E-state index contributed by atoms with van der Waals surface area (Å²) in [4.78, 5) is 2.47. The SMILES string of the molecule is CC1(C)c2ccccc2-c2ccc(N(c3ccc4c(c3)oc3ccccc34)c3c(-c4ccccc4)cc(-c4ccc5ccccc5c4)cc3-c3ccccc3)cc21. The van der Waals surface area contributed by atoms with Crippen LogP contribution in [0.1, 0.15) is 25.0 Å². The maximum atomic E-state index is 6.58. The van der Waals surface area contributed by atoms with Crippen molar-refractivity contribution in [2.24, 2.45) is 0 Å². The average Bonchev–Trinajstić information content (AvgIpc) is 3.75. The highest BCUT2D eigenvalue weighted by Gasteiger charge is 2.36. The molecule has 0 amide bonds. The van der Waals surface area contributed by atoms with E-state index in [1.807, 2.05) is 6.07 Å². The maximum absolute atomic E-state index is 6.58. The van der Waals surface area contributed by atoms with E-state index in [1.165, 1.54) is 44.2 Å². The molecule has 0 spiro atoms. The van der Waals surface area contributed by atoms with Gasteiger partial charge in [0, 0.05) is 44.8 Å². The Bertz CT molecular complexity index is 3090. The third-order valence-electron chi connectivity index (χ3n) is 12.0. The van der Waals surface area contributed by atoms with Crippen molar-refractivity contribution in [1.29, 1.82) is 0 Å². The van der Waals surface area contributed by atoms with Crippen molar-refractivity contribution in [1.82, 2.24) is 0 Å². The number of rotatable bonds is 6. The summed E-state index contributed by atoms with van der Waals surface area (Å²) in [7, 11) is 0. The van der Waals surface area contributed by atoms with Gasteiger partial charge in [0.2, 0.25) is 0 Å². The van der Waals surface area contributed by atoms with E-state index in [0.29, 0.717) is 0 Å². The van der Waals surface area contributed by atoms with E-state index >= 15 is 0 Å². The summed E-state index contributed by atoms with van der Waals surface area (Å²) in [5.41, 5.74) is 17.1. The second-order valence-corrected chi connectivity index (χ2v) is 15.7. The molecule has 9 aromatic carbocycles. The highest BCUT2D eigenvalue weighted by molar-refractivity contribution is 6.07. The first kappa shape index (κ1) is 33.2. The summed E-state index contributed by atoms with van der Waals surface area (Å²) in [6.45, 7) is 4.71. The van der Waals surface area contributed by atoms with Gasteiger partial charge < -0.3 is 9.32 Å². The molecule has 2 nitrogen and oxygen atoms in total. The molecule has 10 aromatic rings. The largest absolute Gasteiger partial charge is 0.456 e. The van der Waals surface area contributed by atoms with E-state index in [4.69, 9.17) is 4.42 Å². The van der Waals surface area contributed by atoms with Crippen molar-refractivity contribution >= 4 is 49.8 Å². The number of benzene rings is 9. The predicted molar refractivity (Wildman–Crippen MR) is 240 cm³/mol. The van der Waals surface area contributed by atoms with Gasteiger partial charge in [0.15, 0.2) is 0 Å². The third-order valence-corrected chi connectivity index (χ3v) is 12.0. The van der Waals surface area contributed by atoms with Crippen molar-refractivity contribution in [3.8, 4) is 44.5 Å². The zero-order valence-corrected chi connectivity index (χ0v) is 31.9. The van der Waals surface area contributed by atoms with E-state index in [9.17, 15) is 0 Å². The third kappa shape index (κ3) is 5.40. The minimum Gasteiger partial charge on any atom is -0.456 e. The van der Waals surface area contributed by atoms with Gasteiger partial charge in [-0.25, -0.2) is 0 Å². The van der Waals surface area contributed by atoms with Gasteiger partial charge in [-0.2, -0.15) is 0 Å². The predicted octanol–water partition coefficient (Wildman–Crippen LogP) is 15.5. The number of furan rings is 1. The van der Waals surface area contributed by atoms with Crippen LogP contribution in [0.5, 0.6) is 0 Å². The molecule has 0 unspecified atom stereocenters. The first-order valence-corrected chi connectivity index (χ1v) is 19.8. The van der Waals surface area contributed by atoms with E-state index in [0.717, 1.165) is 61.3 Å². The lowest BCUT2D eigenvalue weighted by Crippen LogP contribution is -2.17. The van der Waals surface area contributed by atoms with Crippen molar-refractivity contribution < 1.29 is 4.42 Å². The standard InChI is InChI=1S/C55H39NO/c1-55(2)50-23-13-11-21-44(50)45-29-27-42(34-51(45)55)56(43-28-30-47-46-22-12-14-24-52(46)57-53(47)35-43)54-48(37-16-5-3-6-17-37)32-41(33-49(54)38-18-7-4-8-19-38)40-26-25-36-15-9-10-20-39(36)31-40/h3-35H,1-2H3. The van der Waals surface area contributed by atoms with Crippen molar-refractivity contribution in [3.05, 3.63) is 211 Å². The molecule has 0 saturated heterocycles. The van der Waals surface area contributed by atoms with Crippen molar-refractivity contribution in [2.75, 3.05) is 4.90 Å². The molecule has 1 aliphatic carbocycles. The van der Waals surface area contributed by atoms with Crippen LogP contribution in [0, 0.1) is 0 Å². The van der Waals surface area contributed by atoms with Gasteiger partial charge in [0.25, 0.3) is 0 Å². The molecule has 1 aromatic heterocycles. The van der Waals surface area contributed by atoms with Gasteiger partial charge in [-0.3, -0.25) is 0 Å². The minimum atomic E-state index is -0.166. The average molecular weight is 730 g/mol. The molecule has 270 valence electrons. The molecule has 1 aliphatic rings. The molecule has 0 radical (unpaired) electrons. The fourth-order valence-corrected chi connectivity index (χ4v) is 9.18.